The maximum atomic E-state index is 13.1. The van der Waals surface area contributed by atoms with Gasteiger partial charge in [0.05, 0.1) is 33.7 Å². The van der Waals surface area contributed by atoms with E-state index in [4.69, 9.17) is 14.2 Å². The quantitative estimate of drug-likeness (QED) is 0.475. The van der Waals surface area contributed by atoms with Crippen molar-refractivity contribution in [1.29, 1.82) is 0 Å². The van der Waals surface area contributed by atoms with Crippen LogP contribution < -0.4 is 19.5 Å². The van der Waals surface area contributed by atoms with E-state index in [0.717, 1.165) is 27.5 Å². The molecule has 0 aliphatic carbocycles. The lowest BCUT2D eigenvalue weighted by atomic mass is 9.98. The maximum absolute atomic E-state index is 13.1. The number of carbonyl (C=O) groups is 2. The molecule has 4 rings (SSSR count). The summed E-state index contributed by atoms with van der Waals surface area (Å²) < 4.78 is 16.4. The molecule has 0 aromatic heterocycles. The number of likely N-dealkylation sites (tertiary alicyclic amines) is 1. The van der Waals surface area contributed by atoms with Crippen molar-refractivity contribution in [3.05, 3.63) is 54.1 Å². The van der Waals surface area contributed by atoms with Gasteiger partial charge < -0.3 is 24.4 Å². The molecule has 7 heteroatoms. The number of amides is 2. The van der Waals surface area contributed by atoms with Gasteiger partial charge in [-0.25, -0.2) is 0 Å². The second-order valence-electron chi connectivity index (χ2n) is 9.87. The van der Waals surface area contributed by atoms with Crippen LogP contribution in [0, 0.1) is 5.92 Å². The molecule has 1 aliphatic rings. The molecule has 2 atom stereocenters. The van der Waals surface area contributed by atoms with E-state index in [2.05, 4.69) is 29.6 Å². The first kappa shape index (κ1) is 26.3. The van der Waals surface area contributed by atoms with Crippen LogP contribution in [0.25, 0.3) is 21.9 Å². The largest absolute Gasteiger partial charge is 0.493 e. The second-order valence-corrected chi connectivity index (χ2v) is 9.87. The first-order valence-electron chi connectivity index (χ1n) is 12.7. The highest BCUT2D eigenvalue weighted by atomic mass is 16.5. The van der Waals surface area contributed by atoms with Crippen LogP contribution in [0.4, 0.5) is 0 Å². The fourth-order valence-electron chi connectivity index (χ4n) is 5.14. The third kappa shape index (κ3) is 5.50. The van der Waals surface area contributed by atoms with Crippen molar-refractivity contribution < 1.29 is 23.8 Å². The van der Waals surface area contributed by atoms with Gasteiger partial charge in [-0.2, -0.15) is 0 Å². The van der Waals surface area contributed by atoms with Crippen LogP contribution in [0.15, 0.2) is 48.5 Å². The molecule has 3 aromatic rings. The molecule has 7 nitrogen and oxygen atoms in total. The zero-order chi connectivity index (χ0) is 26.7. The van der Waals surface area contributed by atoms with Gasteiger partial charge in [0.2, 0.25) is 17.6 Å². The smallest absolute Gasteiger partial charge is 0.227 e. The molecule has 1 saturated heterocycles. The van der Waals surface area contributed by atoms with E-state index in [9.17, 15) is 9.59 Å². The molecule has 196 valence electrons. The summed E-state index contributed by atoms with van der Waals surface area (Å²) in [5, 5.41) is 5.11. The number of nitrogens with zero attached hydrogens (tertiary/aromatic N) is 1. The molecule has 37 heavy (non-hydrogen) atoms. The topological polar surface area (TPSA) is 77.1 Å². The van der Waals surface area contributed by atoms with Gasteiger partial charge >= 0.3 is 0 Å². The highest BCUT2D eigenvalue weighted by Gasteiger charge is 2.38. The zero-order valence-electron chi connectivity index (χ0n) is 22.5. The van der Waals surface area contributed by atoms with E-state index in [0.29, 0.717) is 36.6 Å². The number of fused-ring (bicyclic) bond motifs is 1. The number of methoxy groups -OCH3 is 3. The molecular weight excluding hydrogens is 468 g/mol. The second kappa shape index (κ2) is 11.1. The van der Waals surface area contributed by atoms with Crippen molar-refractivity contribution in [3.63, 3.8) is 0 Å². The van der Waals surface area contributed by atoms with Gasteiger partial charge in [0, 0.05) is 18.6 Å². The normalized spacial score (nSPS) is 17.2. The monoisotopic (exact) mass is 504 g/mol. The van der Waals surface area contributed by atoms with Crippen molar-refractivity contribution in [2.75, 3.05) is 27.9 Å². The molecule has 1 fully saturated rings. The Bertz CT molecular complexity index is 1280. The Balaban J connectivity index is 1.51. The van der Waals surface area contributed by atoms with Gasteiger partial charge in [-0.05, 0) is 72.9 Å². The average molecular weight is 505 g/mol. The summed E-state index contributed by atoms with van der Waals surface area (Å²) in [4.78, 5) is 27.5. The molecule has 1 aliphatic heterocycles. The third-order valence-corrected chi connectivity index (χ3v) is 7.10. The first-order valence-corrected chi connectivity index (χ1v) is 12.7. The lowest BCUT2D eigenvalue weighted by Gasteiger charge is -2.25. The molecule has 0 radical (unpaired) electrons. The minimum atomic E-state index is -0.156. The van der Waals surface area contributed by atoms with Crippen molar-refractivity contribution in [2.24, 2.45) is 5.92 Å². The SMILES string of the molecule is COc1cc(-c2ccc3cc(CC(=O)N4CCC(C(=O)NC(C)C)C4C)ccc3c2)cc(OC)c1OC. The summed E-state index contributed by atoms with van der Waals surface area (Å²) >= 11 is 0. The van der Waals surface area contributed by atoms with Crippen LogP contribution >= 0.6 is 0 Å². The summed E-state index contributed by atoms with van der Waals surface area (Å²) in [6, 6.07) is 16.2. The number of carbonyl (C=O) groups excluding carboxylic acids is 2. The van der Waals surface area contributed by atoms with Crippen LogP contribution in [0.5, 0.6) is 17.2 Å². The van der Waals surface area contributed by atoms with Crippen LogP contribution in [0.2, 0.25) is 0 Å². The summed E-state index contributed by atoms with van der Waals surface area (Å²) in [6.07, 6.45) is 1.01. The Morgan fingerprint density at radius 1 is 0.919 bits per heavy atom. The van der Waals surface area contributed by atoms with E-state index in [1.807, 2.05) is 49.9 Å². The molecular formula is C30H36N2O5. The van der Waals surface area contributed by atoms with E-state index in [1.165, 1.54) is 0 Å². The Kier molecular flexibility index (Phi) is 7.91. The number of rotatable bonds is 8. The lowest BCUT2D eigenvalue weighted by Crippen LogP contribution is -2.43. The highest BCUT2D eigenvalue weighted by Crippen LogP contribution is 2.41. The standard InChI is InChI=1S/C30H36N2O5/c1-18(2)31-30(34)25-11-12-32(19(25)3)28(33)14-20-7-8-22-15-23(10-9-21(22)13-20)24-16-26(35-4)29(37-6)27(17-24)36-5/h7-10,13,15-19,25H,11-12,14H2,1-6H3,(H,31,34). The van der Waals surface area contributed by atoms with Crippen LogP contribution in [0.3, 0.4) is 0 Å². The predicted molar refractivity (Wildman–Crippen MR) is 145 cm³/mol. The number of hydrogen-bond donors (Lipinski definition) is 1. The van der Waals surface area contributed by atoms with Gasteiger partial charge in [-0.3, -0.25) is 9.59 Å². The van der Waals surface area contributed by atoms with E-state index >= 15 is 0 Å². The lowest BCUT2D eigenvalue weighted by molar-refractivity contribution is -0.132. The van der Waals surface area contributed by atoms with E-state index in [1.54, 1.807) is 21.3 Å². The molecule has 1 heterocycles. The average Bonchev–Trinajstić information content (AvgIpc) is 3.28. The highest BCUT2D eigenvalue weighted by molar-refractivity contribution is 5.90. The third-order valence-electron chi connectivity index (χ3n) is 7.10. The first-order chi connectivity index (χ1) is 17.7. The molecule has 0 bridgehead atoms. The van der Waals surface area contributed by atoms with Crippen molar-refractivity contribution in [3.8, 4) is 28.4 Å². The van der Waals surface area contributed by atoms with Gasteiger partial charge in [-0.1, -0.05) is 30.3 Å². The fraction of sp³-hybridized carbons (Fsp3) is 0.400. The Morgan fingerprint density at radius 3 is 2.19 bits per heavy atom. The molecule has 1 N–H and O–H groups in total. The number of nitrogens with one attached hydrogen (secondary N) is 1. The minimum absolute atomic E-state index is 0.0337. The summed E-state index contributed by atoms with van der Waals surface area (Å²) in [7, 11) is 4.80. The van der Waals surface area contributed by atoms with Gasteiger partial charge in [0.15, 0.2) is 11.5 Å². The van der Waals surface area contributed by atoms with Gasteiger partial charge in [-0.15, -0.1) is 0 Å². The van der Waals surface area contributed by atoms with E-state index < -0.39 is 0 Å². The number of ether oxygens (including phenoxy) is 3. The molecule has 0 spiro atoms. The molecule has 2 unspecified atom stereocenters. The van der Waals surface area contributed by atoms with E-state index in [-0.39, 0.29) is 29.8 Å². The van der Waals surface area contributed by atoms with Crippen LogP contribution in [0.1, 0.15) is 32.8 Å². The maximum Gasteiger partial charge on any atom is 0.227 e. The Hall–Kier alpha value is -3.74. The van der Waals surface area contributed by atoms with Crippen molar-refractivity contribution in [1.82, 2.24) is 10.2 Å². The van der Waals surface area contributed by atoms with Crippen molar-refractivity contribution >= 4 is 22.6 Å². The Labute approximate surface area is 218 Å². The Morgan fingerprint density at radius 2 is 1.57 bits per heavy atom. The molecule has 0 saturated carbocycles. The number of benzene rings is 3. The van der Waals surface area contributed by atoms with Crippen LogP contribution in [-0.4, -0.2) is 56.7 Å². The van der Waals surface area contributed by atoms with Gasteiger partial charge in [0.1, 0.15) is 0 Å². The van der Waals surface area contributed by atoms with Crippen LogP contribution in [-0.2, 0) is 16.0 Å². The molecule has 3 aromatic carbocycles. The zero-order valence-corrected chi connectivity index (χ0v) is 22.5. The summed E-state index contributed by atoms with van der Waals surface area (Å²) in [6.45, 7) is 6.49. The fourth-order valence-corrected chi connectivity index (χ4v) is 5.14. The van der Waals surface area contributed by atoms with Crippen molar-refractivity contribution in [2.45, 2.75) is 45.7 Å². The molecule has 2 amide bonds. The summed E-state index contributed by atoms with van der Waals surface area (Å²) in [5.41, 5.74) is 2.93. The van der Waals surface area contributed by atoms with Gasteiger partial charge in [0.25, 0.3) is 0 Å². The summed E-state index contributed by atoms with van der Waals surface area (Å²) in [5.74, 6) is 1.70. The number of hydrogen-bond acceptors (Lipinski definition) is 5. The minimum Gasteiger partial charge on any atom is -0.493 e. The predicted octanol–water partition coefficient (Wildman–Crippen LogP) is 4.84.